The van der Waals surface area contributed by atoms with E-state index >= 15 is 0 Å². The Morgan fingerprint density at radius 1 is 1.29 bits per heavy atom. The number of halogens is 1. The molecule has 1 aliphatic rings. The molecule has 1 aromatic carbocycles. The summed E-state index contributed by atoms with van der Waals surface area (Å²) in [6.07, 6.45) is 1.53. The van der Waals surface area contributed by atoms with Crippen LogP contribution in [0.15, 0.2) is 36.7 Å². The number of hydrogen-bond donors (Lipinski definition) is 2. The van der Waals surface area contributed by atoms with E-state index in [2.05, 4.69) is 20.2 Å². The summed E-state index contributed by atoms with van der Waals surface area (Å²) >= 11 is 6.19. The Labute approximate surface area is 146 Å². The van der Waals surface area contributed by atoms with E-state index in [1.165, 1.54) is 6.33 Å². The number of aliphatic hydroxyl groups is 1. The SMILES string of the molecule is C[C@](O)(CNc1cc(N2CCOCC2)ncn1)c1ccccc1Cl. The van der Waals surface area contributed by atoms with Crippen LogP contribution in [0.4, 0.5) is 11.6 Å². The van der Waals surface area contributed by atoms with Crippen LogP contribution in [0.25, 0.3) is 0 Å². The van der Waals surface area contributed by atoms with Crippen LogP contribution in [0.2, 0.25) is 5.02 Å². The van der Waals surface area contributed by atoms with Gasteiger partial charge in [-0.2, -0.15) is 0 Å². The molecule has 0 unspecified atom stereocenters. The minimum Gasteiger partial charge on any atom is -0.384 e. The van der Waals surface area contributed by atoms with Gasteiger partial charge in [0.05, 0.1) is 13.2 Å². The van der Waals surface area contributed by atoms with E-state index in [4.69, 9.17) is 16.3 Å². The van der Waals surface area contributed by atoms with E-state index in [1.54, 1.807) is 13.0 Å². The molecule has 1 aromatic heterocycles. The van der Waals surface area contributed by atoms with Crippen LogP contribution in [0.3, 0.4) is 0 Å². The number of nitrogens with zero attached hydrogens (tertiary/aromatic N) is 3. The van der Waals surface area contributed by atoms with Crippen molar-refractivity contribution in [2.24, 2.45) is 0 Å². The molecule has 1 atom stereocenters. The molecule has 1 aliphatic heterocycles. The molecule has 1 saturated heterocycles. The number of ether oxygens (including phenoxy) is 1. The van der Waals surface area contributed by atoms with Crippen molar-refractivity contribution in [2.45, 2.75) is 12.5 Å². The first kappa shape index (κ1) is 17.0. The van der Waals surface area contributed by atoms with Gasteiger partial charge in [-0.05, 0) is 13.0 Å². The molecular weight excluding hydrogens is 328 g/mol. The number of nitrogens with one attached hydrogen (secondary N) is 1. The van der Waals surface area contributed by atoms with E-state index in [0.29, 0.717) is 29.6 Å². The molecule has 3 rings (SSSR count). The van der Waals surface area contributed by atoms with Gasteiger partial charge in [-0.25, -0.2) is 9.97 Å². The van der Waals surface area contributed by atoms with E-state index in [-0.39, 0.29) is 6.54 Å². The van der Waals surface area contributed by atoms with Crippen molar-refractivity contribution in [3.63, 3.8) is 0 Å². The number of hydrogen-bond acceptors (Lipinski definition) is 6. The van der Waals surface area contributed by atoms with Crippen molar-refractivity contribution in [3.8, 4) is 0 Å². The summed E-state index contributed by atoms with van der Waals surface area (Å²) in [7, 11) is 0. The standard InChI is InChI=1S/C17H21ClN4O2/c1-17(23,13-4-2-3-5-14(13)18)11-19-15-10-16(21-12-20-15)22-6-8-24-9-7-22/h2-5,10,12,23H,6-9,11H2,1H3,(H,19,20,21)/t17-/m0/s1. The molecule has 6 nitrogen and oxygen atoms in total. The summed E-state index contributed by atoms with van der Waals surface area (Å²) in [5, 5.41) is 14.4. The van der Waals surface area contributed by atoms with Crippen molar-refractivity contribution >= 4 is 23.2 Å². The van der Waals surface area contributed by atoms with Crippen LogP contribution in [0, 0.1) is 0 Å². The van der Waals surface area contributed by atoms with Gasteiger partial charge in [-0.15, -0.1) is 0 Å². The van der Waals surface area contributed by atoms with Crippen LogP contribution in [0.5, 0.6) is 0 Å². The van der Waals surface area contributed by atoms with Gasteiger partial charge in [0.2, 0.25) is 0 Å². The maximum atomic E-state index is 10.7. The summed E-state index contributed by atoms with van der Waals surface area (Å²) in [5.41, 5.74) is -0.427. The Hall–Kier alpha value is -1.89. The molecule has 1 fully saturated rings. The average molecular weight is 349 g/mol. The van der Waals surface area contributed by atoms with E-state index in [1.807, 2.05) is 24.3 Å². The average Bonchev–Trinajstić information content (AvgIpc) is 2.61. The molecule has 0 aliphatic carbocycles. The zero-order valence-corrected chi connectivity index (χ0v) is 14.3. The lowest BCUT2D eigenvalue weighted by Crippen LogP contribution is -2.37. The minimum atomic E-state index is -1.11. The fourth-order valence-corrected chi connectivity index (χ4v) is 3.00. The third-order valence-corrected chi connectivity index (χ3v) is 4.39. The Kier molecular flexibility index (Phi) is 5.18. The molecule has 0 spiro atoms. The molecule has 24 heavy (non-hydrogen) atoms. The van der Waals surface area contributed by atoms with Crippen LogP contribution in [-0.2, 0) is 10.3 Å². The Balaban J connectivity index is 1.69. The summed E-state index contributed by atoms with van der Waals surface area (Å²) in [5.74, 6) is 1.52. The zero-order chi connectivity index (χ0) is 17.0. The van der Waals surface area contributed by atoms with Crippen molar-refractivity contribution in [2.75, 3.05) is 43.1 Å². The fourth-order valence-electron chi connectivity index (χ4n) is 2.66. The third-order valence-electron chi connectivity index (χ3n) is 4.06. The molecule has 0 radical (unpaired) electrons. The number of anilines is 2. The van der Waals surface area contributed by atoms with E-state index in [0.717, 1.165) is 18.9 Å². The van der Waals surface area contributed by atoms with Gasteiger partial charge in [0, 0.05) is 36.3 Å². The van der Waals surface area contributed by atoms with E-state index < -0.39 is 5.60 Å². The lowest BCUT2D eigenvalue weighted by atomic mass is 9.96. The molecule has 2 heterocycles. The van der Waals surface area contributed by atoms with Gasteiger partial charge < -0.3 is 20.1 Å². The number of aromatic nitrogens is 2. The monoisotopic (exact) mass is 348 g/mol. The summed E-state index contributed by atoms with van der Waals surface area (Å²) < 4.78 is 5.36. The highest BCUT2D eigenvalue weighted by Gasteiger charge is 2.25. The summed E-state index contributed by atoms with van der Waals surface area (Å²) in [4.78, 5) is 10.7. The molecule has 7 heteroatoms. The fraction of sp³-hybridized carbons (Fsp3) is 0.412. The van der Waals surface area contributed by atoms with Crippen LogP contribution in [0.1, 0.15) is 12.5 Å². The molecule has 0 saturated carbocycles. The number of benzene rings is 1. The predicted octanol–water partition coefficient (Wildman–Crippen LogP) is 2.29. The van der Waals surface area contributed by atoms with Crippen LogP contribution < -0.4 is 10.2 Å². The number of morpholine rings is 1. The highest BCUT2D eigenvalue weighted by atomic mass is 35.5. The number of rotatable bonds is 5. The first-order valence-electron chi connectivity index (χ1n) is 7.92. The van der Waals surface area contributed by atoms with Crippen LogP contribution >= 0.6 is 11.6 Å². The highest BCUT2D eigenvalue weighted by molar-refractivity contribution is 6.31. The maximum Gasteiger partial charge on any atom is 0.134 e. The smallest absolute Gasteiger partial charge is 0.134 e. The second-order valence-electron chi connectivity index (χ2n) is 5.97. The van der Waals surface area contributed by atoms with Gasteiger partial charge in [0.1, 0.15) is 23.6 Å². The molecule has 2 N–H and O–H groups in total. The quantitative estimate of drug-likeness (QED) is 0.864. The summed E-state index contributed by atoms with van der Waals surface area (Å²) in [6, 6.07) is 9.18. The van der Waals surface area contributed by atoms with Gasteiger partial charge in [-0.3, -0.25) is 0 Å². The topological polar surface area (TPSA) is 70.5 Å². The van der Waals surface area contributed by atoms with Crippen molar-refractivity contribution < 1.29 is 9.84 Å². The Bertz CT molecular complexity index is 690. The van der Waals surface area contributed by atoms with Gasteiger partial charge in [0.15, 0.2) is 0 Å². The van der Waals surface area contributed by atoms with Gasteiger partial charge in [-0.1, -0.05) is 29.8 Å². The first-order chi connectivity index (χ1) is 11.6. The van der Waals surface area contributed by atoms with E-state index in [9.17, 15) is 5.11 Å². The molecule has 0 amide bonds. The first-order valence-corrected chi connectivity index (χ1v) is 8.30. The lowest BCUT2D eigenvalue weighted by Gasteiger charge is -2.28. The van der Waals surface area contributed by atoms with Crippen molar-refractivity contribution in [1.82, 2.24) is 9.97 Å². The lowest BCUT2D eigenvalue weighted by molar-refractivity contribution is 0.0715. The zero-order valence-electron chi connectivity index (χ0n) is 13.6. The van der Waals surface area contributed by atoms with Gasteiger partial charge in [0.25, 0.3) is 0 Å². The van der Waals surface area contributed by atoms with Crippen molar-refractivity contribution in [1.29, 1.82) is 0 Å². The molecule has 128 valence electrons. The molecular formula is C17H21ClN4O2. The largest absolute Gasteiger partial charge is 0.384 e. The van der Waals surface area contributed by atoms with Crippen LogP contribution in [-0.4, -0.2) is 47.9 Å². The maximum absolute atomic E-state index is 10.7. The van der Waals surface area contributed by atoms with Crippen molar-refractivity contribution in [3.05, 3.63) is 47.2 Å². The molecule has 0 bridgehead atoms. The third kappa shape index (κ3) is 3.95. The Morgan fingerprint density at radius 3 is 2.79 bits per heavy atom. The second kappa shape index (κ2) is 7.34. The molecule has 2 aromatic rings. The second-order valence-corrected chi connectivity index (χ2v) is 6.38. The highest BCUT2D eigenvalue weighted by Crippen LogP contribution is 2.28. The minimum absolute atomic E-state index is 0.288. The normalized spacial score (nSPS) is 17.4. The predicted molar refractivity (Wildman–Crippen MR) is 94.6 cm³/mol. The summed E-state index contributed by atoms with van der Waals surface area (Å²) in [6.45, 7) is 5.05. The van der Waals surface area contributed by atoms with Gasteiger partial charge >= 0.3 is 0 Å². The Morgan fingerprint density at radius 2 is 2.04 bits per heavy atom.